The van der Waals surface area contributed by atoms with Crippen molar-refractivity contribution >= 4 is 52.7 Å². The molecule has 2 aliphatic heterocycles. The van der Waals surface area contributed by atoms with Gasteiger partial charge in [0.2, 0.25) is 0 Å². The monoisotopic (exact) mass is 302 g/mol. The van der Waals surface area contributed by atoms with Gasteiger partial charge in [-0.2, -0.15) is 0 Å². The van der Waals surface area contributed by atoms with E-state index >= 15 is 0 Å². The molecule has 2 saturated heterocycles. The molecule has 7 heteroatoms. The van der Waals surface area contributed by atoms with Crippen LogP contribution in [0.25, 0.3) is 0 Å². The Morgan fingerprint density at radius 2 is 1.50 bits per heavy atom. The van der Waals surface area contributed by atoms with Crippen molar-refractivity contribution in [3.05, 3.63) is 9.81 Å². The average Bonchev–Trinajstić information content (AvgIpc) is 2.83. The van der Waals surface area contributed by atoms with Crippen LogP contribution in [0.3, 0.4) is 0 Å². The second kappa shape index (κ2) is 5.63. The first-order valence-electron chi connectivity index (χ1n) is 5.79. The van der Waals surface area contributed by atoms with E-state index in [1.165, 1.54) is 9.80 Å². The predicted octanol–water partition coefficient (Wildman–Crippen LogP) is 1.67. The fourth-order valence-electron chi connectivity index (χ4n) is 1.87. The fraction of sp³-hybridized carbons (Fsp3) is 0.545. The van der Waals surface area contributed by atoms with Gasteiger partial charge in [0.05, 0.1) is 4.24 Å². The maximum absolute atomic E-state index is 12.3. The molecule has 0 spiro atoms. The van der Waals surface area contributed by atoms with Gasteiger partial charge in [-0.15, -0.1) is 23.5 Å². The zero-order valence-corrected chi connectivity index (χ0v) is 12.7. The van der Waals surface area contributed by atoms with Gasteiger partial charge in [-0.3, -0.25) is 19.4 Å². The number of hydrogen-bond donors (Lipinski definition) is 0. The van der Waals surface area contributed by atoms with Gasteiger partial charge in [-0.1, -0.05) is 0 Å². The molecule has 98 valence electrons. The summed E-state index contributed by atoms with van der Waals surface area (Å²) in [6, 6.07) is 0. The molecule has 18 heavy (non-hydrogen) atoms. The van der Waals surface area contributed by atoms with Crippen molar-refractivity contribution in [3.63, 3.8) is 0 Å². The topological polar surface area (TPSA) is 40.6 Å². The highest BCUT2D eigenvalue weighted by Gasteiger charge is 2.40. The van der Waals surface area contributed by atoms with E-state index in [-0.39, 0.29) is 11.8 Å². The summed E-state index contributed by atoms with van der Waals surface area (Å²) in [6.07, 6.45) is 0. The second-order valence-corrected chi connectivity index (χ2v) is 6.57. The predicted molar refractivity (Wildman–Crippen MR) is 79.3 cm³/mol. The molecule has 4 nitrogen and oxygen atoms in total. The van der Waals surface area contributed by atoms with Gasteiger partial charge in [0.1, 0.15) is 5.57 Å². The average molecular weight is 302 g/mol. The van der Waals surface area contributed by atoms with Crippen molar-refractivity contribution in [3.8, 4) is 0 Å². The lowest BCUT2D eigenvalue weighted by Gasteiger charge is -2.35. The lowest BCUT2D eigenvalue weighted by molar-refractivity contribution is -0.133. The van der Waals surface area contributed by atoms with E-state index in [4.69, 9.17) is 12.2 Å². The van der Waals surface area contributed by atoms with Gasteiger partial charge in [0.15, 0.2) is 5.11 Å². The highest BCUT2D eigenvalue weighted by molar-refractivity contribution is 8.25. The van der Waals surface area contributed by atoms with Gasteiger partial charge >= 0.3 is 0 Å². The third-order valence-corrected chi connectivity index (χ3v) is 5.92. The van der Waals surface area contributed by atoms with Gasteiger partial charge < -0.3 is 0 Å². The Bertz CT molecular complexity index is 412. The van der Waals surface area contributed by atoms with Crippen LogP contribution in [0.4, 0.5) is 0 Å². The van der Waals surface area contributed by atoms with Crippen LogP contribution in [0.2, 0.25) is 0 Å². The molecule has 2 heterocycles. The number of carbonyl (C=O) groups excluding carboxylic acids is 2. The van der Waals surface area contributed by atoms with Gasteiger partial charge in [-0.25, -0.2) is 0 Å². The summed E-state index contributed by atoms with van der Waals surface area (Å²) < 4.78 is 0.851. The van der Waals surface area contributed by atoms with E-state index in [9.17, 15) is 9.59 Å². The van der Waals surface area contributed by atoms with Crippen LogP contribution in [0.15, 0.2) is 9.81 Å². The number of thiocarbonyl (C=S) groups is 1. The number of hydrogen-bond acceptors (Lipinski definition) is 5. The molecule has 0 unspecified atom stereocenters. The summed E-state index contributed by atoms with van der Waals surface area (Å²) in [5, 5.41) is 0.326. The van der Waals surface area contributed by atoms with Crippen molar-refractivity contribution in [2.45, 2.75) is 13.8 Å². The first-order valence-corrected chi connectivity index (χ1v) is 8.17. The molecule has 0 atom stereocenters. The molecular weight excluding hydrogens is 288 g/mol. The molecule has 0 radical (unpaired) electrons. The van der Waals surface area contributed by atoms with Crippen LogP contribution < -0.4 is 0 Å². The summed E-state index contributed by atoms with van der Waals surface area (Å²) in [6.45, 7) is 4.72. The first kappa shape index (κ1) is 13.9. The molecule has 2 amide bonds. The number of nitrogens with zero attached hydrogens (tertiary/aromatic N) is 2. The minimum atomic E-state index is -0.242. The van der Waals surface area contributed by atoms with Crippen LogP contribution in [-0.4, -0.2) is 51.3 Å². The molecule has 0 aromatic rings. The quantitative estimate of drug-likeness (QED) is 0.441. The molecule has 2 aliphatic rings. The second-order valence-electron chi connectivity index (χ2n) is 3.74. The number of rotatable bonds is 2. The van der Waals surface area contributed by atoms with E-state index < -0.39 is 0 Å². The van der Waals surface area contributed by atoms with Crippen LogP contribution >= 0.6 is 35.7 Å². The van der Waals surface area contributed by atoms with Crippen molar-refractivity contribution < 1.29 is 9.59 Å². The zero-order chi connectivity index (χ0) is 13.3. The first-order chi connectivity index (χ1) is 8.61. The Hall–Kier alpha value is -0.530. The Morgan fingerprint density at radius 1 is 1.06 bits per heavy atom. The third kappa shape index (κ3) is 2.19. The summed E-state index contributed by atoms with van der Waals surface area (Å²) in [5.41, 5.74) is 0.305. The highest BCUT2D eigenvalue weighted by atomic mass is 32.2. The summed E-state index contributed by atoms with van der Waals surface area (Å²) in [4.78, 5) is 27.7. The van der Waals surface area contributed by atoms with Crippen molar-refractivity contribution in [2.24, 2.45) is 0 Å². The molecule has 2 rings (SSSR count). The van der Waals surface area contributed by atoms with E-state index in [2.05, 4.69) is 0 Å². The van der Waals surface area contributed by atoms with Crippen LogP contribution in [0.5, 0.6) is 0 Å². The Balaban J connectivity index is 2.45. The molecule has 0 aromatic carbocycles. The van der Waals surface area contributed by atoms with E-state index in [1.807, 2.05) is 13.8 Å². The Morgan fingerprint density at radius 3 is 1.89 bits per heavy atom. The number of amides is 2. The SMILES string of the molecule is CCN1C(=O)C(=C2SCCS2)C(=O)N(CC)C1=S. The van der Waals surface area contributed by atoms with Crippen molar-refractivity contribution in [2.75, 3.05) is 24.6 Å². The minimum absolute atomic E-state index is 0.242. The molecular formula is C11H14N2O2S3. The Labute approximate surface area is 120 Å². The summed E-state index contributed by atoms with van der Waals surface area (Å²) in [7, 11) is 0. The summed E-state index contributed by atoms with van der Waals surface area (Å²) in [5.74, 6) is 1.42. The van der Waals surface area contributed by atoms with Crippen molar-refractivity contribution in [1.82, 2.24) is 9.80 Å². The highest BCUT2D eigenvalue weighted by Crippen LogP contribution is 2.40. The third-order valence-electron chi connectivity index (χ3n) is 2.77. The minimum Gasteiger partial charge on any atom is -0.285 e. The number of carbonyl (C=O) groups is 2. The van der Waals surface area contributed by atoms with E-state index in [0.717, 1.165) is 15.7 Å². The largest absolute Gasteiger partial charge is 0.285 e. The lowest BCUT2D eigenvalue weighted by atomic mass is 10.2. The lowest BCUT2D eigenvalue weighted by Crippen LogP contribution is -2.56. The van der Waals surface area contributed by atoms with Gasteiger partial charge in [0, 0.05) is 24.6 Å². The molecule has 0 saturated carbocycles. The normalized spacial score (nSPS) is 21.3. The fourth-order valence-corrected chi connectivity index (χ4v) is 4.80. The van der Waals surface area contributed by atoms with Crippen molar-refractivity contribution in [1.29, 1.82) is 0 Å². The van der Waals surface area contributed by atoms with Crippen LogP contribution in [-0.2, 0) is 9.59 Å². The maximum atomic E-state index is 12.3. The molecule has 0 bridgehead atoms. The van der Waals surface area contributed by atoms with Crippen LogP contribution in [0.1, 0.15) is 13.8 Å². The summed E-state index contributed by atoms with van der Waals surface area (Å²) >= 11 is 8.38. The van der Waals surface area contributed by atoms with Crippen LogP contribution in [0, 0.1) is 0 Å². The number of likely N-dealkylation sites (N-methyl/N-ethyl adjacent to an activating group) is 2. The molecule has 0 N–H and O–H groups in total. The molecule has 0 aliphatic carbocycles. The standard InChI is InChI=1S/C11H14N2O2S3/c1-3-12-8(14)7(10-17-5-6-18-10)9(15)13(4-2)11(12)16/h3-6H2,1-2H3. The van der Waals surface area contributed by atoms with E-state index in [0.29, 0.717) is 23.8 Å². The smallest absolute Gasteiger partial charge is 0.267 e. The molecule has 0 aromatic heterocycles. The van der Waals surface area contributed by atoms with E-state index in [1.54, 1.807) is 23.5 Å². The van der Waals surface area contributed by atoms with Gasteiger partial charge in [-0.05, 0) is 26.1 Å². The molecule has 2 fully saturated rings. The zero-order valence-electron chi connectivity index (χ0n) is 10.3. The Kier molecular flexibility index (Phi) is 4.34. The number of thioether (sulfide) groups is 2. The maximum Gasteiger partial charge on any atom is 0.267 e. The van der Waals surface area contributed by atoms with Gasteiger partial charge in [0.25, 0.3) is 11.8 Å².